The number of hydrogen-bond donors (Lipinski definition) is 1. The molecule has 0 atom stereocenters. The van der Waals surface area contributed by atoms with Gasteiger partial charge in [0.15, 0.2) is 0 Å². The fraction of sp³-hybridized carbons (Fsp3) is 0.312. The van der Waals surface area contributed by atoms with Crippen LogP contribution < -0.4 is 5.32 Å². The molecule has 0 spiro atoms. The number of hydrogen-bond acceptors (Lipinski definition) is 4. The first-order valence-electron chi connectivity index (χ1n) is 7.22. The Bertz CT molecular complexity index is 819. The third-order valence-corrected chi connectivity index (χ3v) is 4.67. The summed E-state index contributed by atoms with van der Waals surface area (Å²) in [4.78, 5) is 12.2. The summed E-state index contributed by atoms with van der Waals surface area (Å²) in [7, 11) is 0. The summed E-state index contributed by atoms with van der Waals surface area (Å²) >= 11 is 1.42. The Kier molecular flexibility index (Phi) is 3.94. The van der Waals surface area contributed by atoms with Crippen molar-refractivity contribution < 1.29 is 4.79 Å². The van der Waals surface area contributed by atoms with E-state index in [0.717, 1.165) is 10.5 Å². The van der Waals surface area contributed by atoms with Gasteiger partial charge >= 0.3 is 0 Å². The quantitative estimate of drug-likeness (QED) is 0.801. The van der Waals surface area contributed by atoms with Gasteiger partial charge in [0.25, 0.3) is 0 Å². The first-order valence-corrected chi connectivity index (χ1v) is 8.04. The lowest BCUT2D eigenvalue weighted by Crippen LogP contribution is -2.18. The normalized spacial score (nSPS) is 11.3. The standard InChI is InChI=1S/C16H18N4OS/c1-10(2)15-18-19-16(22-15)17-14(21)9-20-8-7-12-11(3)5-4-6-13(12)20/h4-8,10H,9H2,1-3H3,(H,17,19,21). The second-order valence-corrected chi connectivity index (χ2v) is 6.61. The zero-order valence-electron chi connectivity index (χ0n) is 12.8. The van der Waals surface area contributed by atoms with E-state index in [4.69, 9.17) is 0 Å². The van der Waals surface area contributed by atoms with Crippen LogP contribution in [-0.4, -0.2) is 20.7 Å². The van der Waals surface area contributed by atoms with Gasteiger partial charge in [0.2, 0.25) is 11.0 Å². The Morgan fingerprint density at radius 2 is 2.14 bits per heavy atom. The van der Waals surface area contributed by atoms with Crippen LogP contribution in [-0.2, 0) is 11.3 Å². The smallest absolute Gasteiger partial charge is 0.246 e. The number of carbonyl (C=O) groups is 1. The number of benzene rings is 1. The molecule has 0 saturated carbocycles. The Labute approximate surface area is 133 Å². The molecule has 1 aromatic carbocycles. The van der Waals surface area contributed by atoms with Gasteiger partial charge < -0.3 is 4.57 Å². The topological polar surface area (TPSA) is 59.8 Å². The Morgan fingerprint density at radius 3 is 2.86 bits per heavy atom. The molecule has 0 saturated heterocycles. The van der Waals surface area contributed by atoms with Crippen molar-refractivity contribution in [3.63, 3.8) is 0 Å². The molecule has 0 aliphatic rings. The highest BCUT2D eigenvalue weighted by Gasteiger charge is 2.12. The molecule has 0 aliphatic carbocycles. The molecule has 3 rings (SSSR count). The number of carbonyl (C=O) groups excluding carboxylic acids is 1. The molecule has 0 bridgehead atoms. The van der Waals surface area contributed by atoms with E-state index < -0.39 is 0 Å². The number of rotatable bonds is 4. The van der Waals surface area contributed by atoms with Crippen molar-refractivity contribution in [3.05, 3.63) is 41.0 Å². The van der Waals surface area contributed by atoms with Crippen molar-refractivity contribution in [1.82, 2.24) is 14.8 Å². The van der Waals surface area contributed by atoms with Crippen molar-refractivity contribution >= 4 is 33.3 Å². The summed E-state index contributed by atoms with van der Waals surface area (Å²) in [5, 5.41) is 13.6. The highest BCUT2D eigenvalue weighted by Crippen LogP contribution is 2.23. The summed E-state index contributed by atoms with van der Waals surface area (Å²) in [5.74, 6) is 0.227. The lowest BCUT2D eigenvalue weighted by Gasteiger charge is -2.05. The lowest BCUT2D eigenvalue weighted by molar-refractivity contribution is -0.116. The Hall–Kier alpha value is -2.21. The summed E-state index contributed by atoms with van der Waals surface area (Å²) in [6.07, 6.45) is 1.94. The first kappa shape index (κ1) is 14.7. The second kappa shape index (κ2) is 5.88. The molecule has 3 aromatic rings. The fourth-order valence-electron chi connectivity index (χ4n) is 2.35. The van der Waals surface area contributed by atoms with E-state index >= 15 is 0 Å². The first-order chi connectivity index (χ1) is 10.5. The van der Waals surface area contributed by atoms with Crippen molar-refractivity contribution in [1.29, 1.82) is 0 Å². The van der Waals surface area contributed by atoms with E-state index in [9.17, 15) is 4.79 Å². The monoisotopic (exact) mass is 314 g/mol. The summed E-state index contributed by atoms with van der Waals surface area (Å²) in [6, 6.07) is 8.14. The lowest BCUT2D eigenvalue weighted by atomic mass is 10.1. The average Bonchev–Trinajstić information content (AvgIpc) is 3.07. The van der Waals surface area contributed by atoms with E-state index in [-0.39, 0.29) is 12.5 Å². The number of nitrogens with one attached hydrogen (secondary N) is 1. The zero-order valence-corrected chi connectivity index (χ0v) is 13.6. The minimum Gasteiger partial charge on any atom is -0.338 e. The molecule has 0 unspecified atom stereocenters. The largest absolute Gasteiger partial charge is 0.338 e. The van der Waals surface area contributed by atoms with Gasteiger partial charge in [0, 0.05) is 23.0 Å². The van der Waals surface area contributed by atoms with Crippen molar-refractivity contribution in [2.24, 2.45) is 0 Å². The van der Waals surface area contributed by atoms with Gasteiger partial charge in [-0.05, 0) is 24.6 Å². The van der Waals surface area contributed by atoms with Crippen molar-refractivity contribution in [2.45, 2.75) is 33.2 Å². The second-order valence-electron chi connectivity index (χ2n) is 5.60. The SMILES string of the molecule is Cc1cccc2c1ccn2CC(=O)Nc1nnc(C(C)C)s1. The van der Waals surface area contributed by atoms with Crippen LogP contribution in [0, 0.1) is 6.92 Å². The van der Waals surface area contributed by atoms with Gasteiger partial charge in [-0.1, -0.05) is 37.3 Å². The number of fused-ring (bicyclic) bond motifs is 1. The van der Waals surface area contributed by atoms with E-state index in [1.54, 1.807) is 0 Å². The number of amides is 1. The molecular weight excluding hydrogens is 296 g/mol. The van der Waals surface area contributed by atoms with Crippen LogP contribution in [0.15, 0.2) is 30.5 Å². The van der Waals surface area contributed by atoms with Crippen LogP contribution in [0.5, 0.6) is 0 Å². The Morgan fingerprint density at radius 1 is 1.32 bits per heavy atom. The third-order valence-electron chi connectivity index (χ3n) is 3.53. The van der Waals surface area contributed by atoms with E-state index in [1.807, 2.05) is 29.0 Å². The average molecular weight is 314 g/mol. The molecule has 0 radical (unpaired) electrons. The highest BCUT2D eigenvalue weighted by molar-refractivity contribution is 7.15. The van der Waals surface area contributed by atoms with E-state index in [0.29, 0.717) is 11.0 Å². The third kappa shape index (κ3) is 2.87. The predicted octanol–water partition coefficient (Wildman–Crippen LogP) is 3.56. The maximum atomic E-state index is 12.2. The van der Waals surface area contributed by atoms with Gasteiger partial charge in [-0.2, -0.15) is 0 Å². The minimum absolute atomic E-state index is 0.0922. The van der Waals surface area contributed by atoms with Gasteiger partial charge in [-0.15, -0.1) is 10.2 Å². The van der Waals surface area contributed by atoms with Gasteiger partial charge in [0.1, 0.15) is 11.6 Å². The maximum Gasteiger partial charge on any atom is 0.246 e. The summed E-state index contributed by atoms with van der Waals surface area (Å²) in [5.41, 5.74) is 2.28. The van der Waals surface area contributed by atoms with Crippen LogP contribution in [0.3, 0.4) is 0 Å². The zero-order chi connectivity index (χ0) is 15.7. The van der Waals surface area contributed by atoms with Crippen LogP contribution >= 0.6 is 11.3 Å². The molecule has 22 heavy (non-hydrogen) atoms. The highest BCUT2D eigenvalue weighted by atomic mass is 32.1. The molecule has 6 heteroatoms. The summed E-state index contributed by atoms with van der Waals surface area (Å²) in [6.45, 7) is 6.45. The van der Waals surface area contributed by atoms with E-state index in [1.165, 1.54) is 22.3 Å². The Balaban J connectivity index is 1.74. The van der Waals surface area contributed by atoms with Gasteiger partial charge in [-0.3, -0.25) is 10.1 Å². The van der Waals surface area contributed by atoms with E-state index in [2.05, 4.69) is 42.4 Å². The molecule has 114 valence electrons. The molecular formula is C16H18N4OS. The molecule has 0 aliphatic heterocycles. The van der Waals surface area contributed by atoms with Crippen LogP contribution in [0.25, 0.3) is 10.9 Å². The van der Waals surface area contributed by atoms with Crippen LogP contribution in [0.4, 0.5) is 5.13 Å². The molecule has 5 nitrogen and oxygen atoms in total. The number of aromatic nitrogens is 3. The van der Waals surface area contributed by atoms with Gasteiger partial charge in [-0.25, -0.2) is 0 Å². The number of nitrogens with zero attached hydrogens (tertiary/aromatic N) is 3. The summed E-state index contributed by atoms with van der Waals surface area (Å²) < 4.78 is 1.95. The molecule has 0 fully saturated rings. The molecule has 2 heterocycles. The minimum atomic E-state index is -0.0922. The predicted molar refractivity (Wildman–Crippen MR) is 89.3 cm³/mol. The molecule has 2 aromatic heterocycles. The number of anilines is 1. The van der Waals surface area contributed by atoms with Gasteiger partial charge in [0.05, 0.1) is 0 Å². The molecule has 1 amide bonds. The van der Waals surface area contributed by atoms with Crippen molar-refractivity contribution in [2.75, 3.05) is 5.32 Å². The van der Waals surface area contributed by atoms with Crippen LogP contribution in [0.2, 0.25) is 0 Å². The number of aryl methyl sites for hydroxylation is 1. The maximum absolute atomic E-state index is 12.2. The van der Waals surface area contributed by atoms with Crippen LogP contribution in [0.1, 0.15) is 30.3 Å². The van der Waals surface area contributed by atoms with Crippen molar-refractivity contribution in [3.8, 4) is 0 Å². The molecule has 1 N–H and O–H groups in total. The fourth-order valence-corrected chi connectivity index (χ4v) is 3.11.